The molecule has 0 N–H and O–H groups in total. The van der Waals surface area contributed by atoms with Gasteiger partial charge in [-0.25, -0.2) is 4.99 Å². The summed E-state index contributed by atoms with van der Waals surface area (Å²) >= 11 is 3.59. The van der Waals surface area contributed by atoms with Gasteiger partial charge < -0.3 is 4.74 Å². The van der Waals surface area contributed by atoms with E-state index in [1.807, 2.05) is 42.6 Å². The maximum Gasteiger partial charge on any atom is 0.218 e. The summed E-state index contributed by atoms with van der Waals surface area (Å²) in [6.45, 7) is 4.72. The molecule has 1 aliphatic heterocycles. The van der Waals surface area contributed by atoms with Gasteiger partial charge in [0.2, 0.25) is 5.90 Å². The Morgan fingerprint density at radius 2 is 1.90 bits per heavy atom. The number of hydrogen-bond acceptors (Lipinski definition) is 3. The van der Waals surface area contributed by atoms with E-state index >= 15 is 0 Å². The number of hydrogen-bond donors (Lipinski definition) is 0. The van der Waals surface area contributed by atoms with Crippen molar-refractivity contribution >= 4 is 21.8 Å². The van der Waals surface area contributed by atoms with Crippen molar-refractivity contribution in [2.75, 3.05) is 6.61 Å². The lowest BCUT2D eigenvalue weighted by Gasteiger charge is -2.07. The van der Waals surface area contributed by atoms with Crippen molar-refractivity contribution in [2.24, 2.45) is 4.99 Å². The normalized spacial score (nSPS) is 16.6. The van der Waals surface area contributed by atoms with Gasteiger partial charge in [0.1, 0.15) is 6.61 Å². The van der Waals surface area contributed by atoms with Gasteiger partial charge in [-0.05, 0) is 35.8 Å². The molecular weight excluding hydrogens is 316 g/mol. The molecule has 1 aromatic carbocycles. The molecule has 3 rings (SSSR count). The predicted molar refractivity (Wildman–Crippen MR) is 83.9 cm³/mol. The fraction of sp³-hybridized carbons (Fsp3) is 0.250. The highest BCUT2D eigenvalue weighted by atomic mass is 79.9. The van der Waals surface area contributed by atoms with Crippen molar-refractivity contribution < 1.29 is 4.74 Å². The van der Waals surface area contributed by atoms with E-state index in [-0.39, 0.29) is 5.54 Å². The van der Waals surface area contributed by atoms with E-state index in [1.165, 1.54) is 0 Å². The molecule has 0 unspecified atom stereocenters. The van der Waals surface area contributed by atoms with Crippen LogP contribution < -0.4 is 0 Å². The highest BCUT2D eigenvalue weighted by Gasteiger charge is 2.27. The summed E-state index contributed by atoms with van der Waals surface area (Å²) in [5.74, 6) is 0.669. The second-order valence-electron chi connectivity index (χ2n) is 5.44. The predicted octanol–water partition coefficient (Wildman–Crippen LogP) is 4.07. The summed E-state index contributed by atoms with van der Waals surface area (Å²) in [5.41, 5.74) is 2.76. The number of pyridine rings is 1. The number of halogens is 1. The van der Waals surface area contributed by atoms with Crippen LogP contribution in [0.25, 0.3) is 11.3 Å². The minimum atomic E-state index is -0.153. The molecular formula is C16H15BrN2O. The fourth-order valence-electron chi connectivity index (χ4n) is 2.10. The van der Waals surface area contributed by atoms with Gasteiger partial charge in [-0.2, -0.15) is 0 Å². The molecule has 0 saturated carbocycles. The monoisotopic (exact) mass is 330 g/mol. The van der Waals surface area contributed by atoms with E-state index in [9.17, 15) is 0 Å². The smallest absolute Gasteiger partial charge is 0.218 e. The molecule has 0 aliphatic carbocycles. The summed E-state index contributed by atoms with van der Waals surface area (Å²) in [7, 11) is 0. The van der Waals surface area contributed by atoms with Gasteiger partial charge in [-0.15, -0.1) is 0 Å². The van der Waals surface area contributed by atoms with Gasteiger partial charge in [0.25, 0.3) is 0 Å². The first-order chi connectivity index (χ1) is 9.55. The van der Waals surface area contributed by atoms with Gasteiger partial charge in [-0.3, -0.25) is 4.98 Å². The molecule has 0 atom stereocenters. The van der Waals surface area contributed by atoms with E-state index < -0.39 is 0 Å². The molecule has 0 spiro atoms. The third-order valence-corrected chi connectivity index (χ3v) is 3.71. The zero-order chi connectivity index (χ0) is 14.2. The zero-order valence-electron chi connectivity index (χ0n) is 11.4. The number of ether oxygens (including phenoxy) is 1. The van der Waals surface area contributed by atoms with Crippen LogP contribution in [0.1, 0.15) is 19.4 Å². The van der Waals surface area contributed by atoms with Crippen LogP contribution in [0, 0.1) is 0 Å². The highest BCUT2D eigenvalue weighted by molar-refractivity contribution is 9.10. The Kier molecular flexibility index (Phi) is 3.34. The number of aromatic nitrogens is 1. The van der Waals surface area contributed by atoms with Crippen molar-refractivity contribution in [1.82, 2.24) is 4.98 Å². The minimum Gasteiger partial charge on any atom is -0.475 e. The van der Waals surface area contributed by atoms with Crippen LogP contribution in [0.3, 0.4) is 0 Å². The summed E-state index contributed by atoms with van der Waals surface area (Å²) in [5, 5.41) is 0. The van der Waals surface area contributed by atoms with Crippen molar-refractivity contribution in [3.05, 3.63) is 52.6 Å². The standard InChI is InChI=1S/C16H15BrN2O/c1-16(2)10-20-15(19-16)12-8-13(17)14(18-9-12)11-6-4-3-5-7-11/h3-9H,10H2,1-2H3. The minimum absolute atomic E-state index is 0.153. The Balaban J connectivity index is 1.97. The molecule has 2 heterocycles. The van der Waals surface area contributed by atoms with E-state index in [2.05, 4.69) is 39.8 Å². The van der Waals surface area contributed by atoms with Crippen LogP contribution in [-0.2, 0) is 4.74 Å². The first-order valence-corrected chi connectivity index (χ1v) is 7.28. The van der Waals surface area contributed by atoms with E-state index in [1.54, 1.807) is 0 Å². The largest absolute Gasteiger partial charge is 0.475 e. The second kappa shape index (κ2) is 5.02. The number of aliphatic imine (C=N–C) groups is 1. The fourth-order valence-corrected chi connectivity index (χ4v) is 2.67. The average Bonchev–Trinajstić information content (AvgIpc) is 2.80. The molecule has 1 aliphatic rings. The van der Waals surface area contributed by atoms with Gasteiger partial charge in [0.05, 0.1) is 16.8 Å². The van der Waals surface area contributed by atoms with Gasteiger partial charge in [-0.1, -0.05) is 30.3 Å². The molecule has 1 aromatic heterocycles. The van der Waals surface area contributed by atoms with E-state index in [0.717, 1.165) is 21.3 Å². The first-order valence-electron chi connectivity index (χ1n) is 6.49. The molecule has 0 bridgehead atoms. The SMILES string of the molecule is CC1(C)COC(c2cnc(-c3ccccc3)c(Br)c2)=N1. The lowest BCUT2D eigenvalue weighted by atomic mass is 10.1. The molecule has 0 fully saturated rings. The van der Waals surface area contributed by atoms with Crippen LogP contribution in [0.4, 0.5) is 0 Å². The zero-order valence-corrected chi connectivity index (χ0v) is 13.0. The van der Waals surface area contributed by atoms with Crippen LogP contribution in [0.15, 0.2) is 52.1 Å². The summed E-state index contributed by atoms with van der Waals surface area (Å²) in [6, 6.07) is 12.1. The molecule has 102 valence electrons. The van der Waals surface area contributed by atoms with Gasteiger partial charge in [0.15, 0.2) is 0 Å². The third-order valence-electron chi connectivity index (χ3n) is 3.10. The van der Waals surface area contributed by atoms with E-state index in [4.69, 9.17) is 4.74 Å². The molecule has 0 amide bonds. The lowest BCUT2D eigenvalue weighted by Crippen LogP contribution is -2.17. The Hall–Kier alpha value is -1.68. The average molecular weight is 331 g/mol. The first kappa shape index (κ1) is 13.3. The van der Waals surface area contributed by atoms with Crippen molar-refractivity contribution in [3.63, 3.8) is 0 Å². The van der Waals surface area contributed by atoms with Crippen molar-refractivity contribution in [2.45, 2.75) is 19.4 Å². The highest BCUT2D eigenvalue weighted by Crippen LogP contribution is 2.28. The Labute approximate surface area is 126 Å². The molecule has 20 heavy (non-hydrogen) atoms. The van der Waals surface area contributed by atoms with Crippen molar-refractivity contribution in [3.8, 4) is 11.3 Å². The quantitative estimate of drug-likeness (QED) is 0.831. The Morgan fingerprint density at radius 1 is 1.15 bits per heavy atom. The molecule has 2 aromatic rings. The maximum atomic E-state index is 5.64. The summed E-state index contributed by atoms with van der Waals surface area (Å²) < 4.78 is 6.59. The molecule has 4 heteroatoms. The van der Waals surface area contributed by atoms with Gasteiger partial charge >= 0.3 is 0 Å². The number of benzene rings is 1. The topological polar surface area (TPSA) is 34.5 Å². The van der Waals surface area contributed by atoms with Crippen molar-refractivity contribution in [1.29, 1.82) is 0 Å². The Morgan fingerprint density at radius 3 is 2.50 bits per heavy atom. The molecule has 0 radical (unpaired) electrons. The summed E-state index contributed by atoms with van der Waals surface area (Å²) in [4.78, 5) is 9.10. The Bertz CT molecular complexity index is 665. The molecule has 3 nitrogen and oxygen atoms in total. The second-order valence-corrected chi connectivity index (χ2v) is 6.29. The third kappa shape index (κ3) is 2.61. The van der Waals surface area contributed by atoms with Gasteiger partial charge in [0, 0.05) is 16.2 Å². The molecule has 0 saturated heterocycles. The number of nitrogens with zero attached hydrogens (tertiary/aromatic N) is 2. The van der Waals surface area contributed by atoms with Crippen LogP contribution in [-0.4, -0.2) is 23.0 Å². The maximum absolute atomic E-state index is 5.64. The lowest BCUT2D eigenvalue weighted by molar-refractivity contribution is 0.279. The van der Waals surface area contributed by atoms with Crippen LogP contribution in [0.2, 0.25) is 0 Å². The summed E-state index contributed by atoms with van der Waals surface area (Å²) in [6.07, 6.45) is 1.81. The van der Waals surface area contributed by atoms with Crippen LogP contribution >= 0.6 is 15.9 Å². The van der Waals surface area contributed by atoms with Crippen LogP contribution in [0.5, 0.6) is 0 Å². The number of rotatable bonds is 2. The van der Waals surface area contributed by atoms with E-state index in [0.29, 0.717) is 12.5 Å².